The van der Waals surface area contributed by atoms with Crippen LogP contribution in [0.3, 0.4) is 0 Å². The van der Waals surface area contributed by atoms with E-state index in [9.17, 15) is 14.4 Å². The molecule has 1 heterocycles. The lowest BCUT2D eigenvalue weighted by Gasteiger charge is -2.33. The lowest BCUT2D eigenvalue weighted by molar-refractivity contribution is -0.127. The number of benzene rings is 1. The van der Waals surface area contributed by atoms with E-state index in [1.54, 1.807) is 36.1 Å². The summed E-state index contributed by atoms with van der Waals surface area (Å²) in [6.45, 7) is 2.96. The molecule has 0 unspecified atom stereocenters. The number of nitrogens with one attached hydrogen (secondary N) is 2. The summed E-state index contributed by atoms with van der Waals surface area (Å²) in [4.78, 5) is 38.9. The molecule has 1 aromatic carbocycles. The molecule has 0 spiro atoms. The topological polar surface area (TPSA) is 78.5 Å². The molecule has 29 heavy (non-hydrogen) atoms. The number of hydrogen-bond acceptors (Lipinski definition) is 3. The standard InChI is InChI=1S/C23H33N3O3/c1-2-21(27)24-20-13-11-17(12-14-20)23(29)26-15-7-8-18(16-26)22(28)25-19-9-5-3-4-6-10-19/h11-14,18-19H,2-10,15-16H2,1H3,(H,24,27)(H,25,28)/t18-/m1/s1. The molecule has 6 nitrogen and oxygen atoms in total. The predicted molar refractivity (Wildman–Crippen MR) is 114 cm³/mol. The molecule has 1 saturated carbocycles. The fourth-order valence-electron chi connectivity index (χ4n) is 4.25. The molecule has 158 valence electrons. The number of nitrogens with zero attached hydrogens (tertiary/aromatic N) is 1. The second-order valence-corrected chi connectivity index (χ2v) is 8.27. The van der Waals surface area contributed by atoms with E-state index in [0.717, 1.165) is 25.7 Å². The zero-order chi connectivity index (χ0) is 20.6. The van der Waals surface area contributed by atoms with Crippen molar-refractivity contribution in [1.29, 1.82) is 0 Å². The lowest BCUT2D eigenvalue weighted by Crippen LogP contribution is -2.47. The number of carbonyl (C=O) groups excluding carboxylic acids is 3. The van der Waals surface area contributed by atoms with Gasteiger partial charge in [-0.3, -0.25) is 14.4 Å². The van der Waals surface area contributed by atoms with Gasteiger partial charge in [0.25, 0.3) is 5.91 Å². The third-order valence-corrected chi connectivity index (χ3v) is 6.02. The normalized spacial score (nSPS) is 20.6. The first-order valence-electron chi connectivity index (χ1n) is 11.1. The third-order valence-electron chi connectivity index (χ3n) is 6.02. The summed E-state index contributed by atoms with van der Waals surface area (Å²) < 4.78 is 0. The van der Waals surface area contributed by atoms with Gasteiger partial charge in [-0.05, 0) is 49.9 Å². The van der Waals surface area contributed by atoms with Crippen molar-refractivity contribution in [1.82, 2.24) is 10.2 Å². The number of piperidine rings is 1. The molecule has 2 N–H and O–H groups in total. The predicted octanol–water partition coefficient (Wildman–Crippen LogP) is 3.73. The van der Waals surface area contributed by atoms with Crippen LogP contribution < -0.4 is 10.6 Å². The van der Waals surface area contributed by atoms with Crippen molar-refractivity contribution in [3.05, 3.63) is 29.8 Å². The van der Waals surface area contributed by atoms with Gasteiger partial charge in [-0.15, -0.1) is 0 Å². The van der Waals surface area contributed by atoms with E-state index < -0.39 is 0 Å². The molecule has 1 saturated heterocycles. The van der Waals surface area contributed by atoms with Crippen molar-refractivity contribution >= 4 is 23.4 Å². The minimum absolute atomic E-state index is 0.0506. The van der Waals surface area contributed by atoms with Gasteiger partial charge in [0.2, 0.25) is 11.8 Å². The zero-order valence-corrected chi connectivity index (χ0v) is 17.4. The molecule has 1 aliphatic heterocycles. The van der Waals surface area contributed by atoms with Gasteiger partial charge < -0.3 is 15.5 Å². The highest BCUT2D eigenvalue weighted by atomic mass is 16.2. The molecule has 1 aromatic rings. The van der Waals surface area contributed by atoms with Crippen LogP contribution in [-0.4, -0.2) is 41.8 Å². The molecule has 2 aliphatic rings. The Hall–Kier alpha value is -2.37. The van der Waals surface area contributed by atoms with Gasteiger partial charge in [0, 0.05) is 36.8 Å². The lowest BCUT2D eigenvalue weighted by atomic mass is 9.95. The Kier molecular flexibility index (Phi) is 7.67. The van der Waals surface area contributed by atoms with Crippen molar-refractivity contribution in [3.8, 4) is 0 Å². The van der Waals surface area contributed by atoms with Crippen LogP contribution >= 0.6 is 0 Å². The van der Waals surface area contributed by atoms with Crippen molar-refractivity contribution < 1.29 is 14.4 Å². The number of anilines is 1. The second-order valence-electron chi connectivity index (χ2n) is 8.27. The summed E-state index contributed by atoms with van der Waals surface area (Å²) in [6, 6.07) is 7.27. The van der Waals surface area contributed by atoms with Gasteiger partial charge in [-0.25, -0.2) is 0 Å². The van der Waals surface area contributed by atoms with Gasteiger partial charge >= 0.3 is 0 Å². The van der Waals surface area contributed by atoms with E-state index in [4.69, 9.17) is 0 Å². The monoisotopic (exact) mass is 399 g/mol. The Morgan fingerprint density at radius 1 is 0.966 bits per heavy atom. The van der Waals surface area contributed by atoms with Crippen molar-refractivity contribution in [3.63, 3.8) is 0 Å². The van der Waals surface area contributed by atoms with E-state index in [-0.39, 0.29) is 23.6 Å². The van der Waals surface area contributed by atoms with Crippen LogP contribution in [0.15, 0.2) is 24.3 Å². The SMILES string of the molecule is CCC(=O)Nc1ccc(C(=O)N2CCC[C@@H](C(=O)NC3CCCCCC3)C2)cc1. The summed E-state index contributed by atoms with van der Waals surface area (Å²) >= 11 is 0. The highest BCUT2D eigenvalue weighted by molar-refractivity contribution is 5.96. The Labute approximate surface area is 173 Å². The molecule has 6 heteroatoms. The molecule has 1 aliphatic carbocycles. The molecule has 3 rings (SSSR count). The van der Waals surface area contributed by atoms with Gasteiger partial charge in [-0.2, -0.15) is 0 Å². The van der Waals surface area contributed by atoms with Crippen LogP contribution in [0.5, 0.6) is 0 Å². The Bertz CT molecular complexity index is 709. The van der Waals surface area contributed by atoms with Gasteiger partial charge in [0.05, 0.1) is 5.92 Å². The van der Waals surface area contributed by atoms with Crippen molar-refractivity contribution in [2.45, 2.75) is 70.8 Å². The van der Waals surface area contributed by atoms with Crippen molar-refractivity contribution in [2.24, 2.45) is 5.92 Å². The molecular weight excluding hydrogens is 366 g/mol. The molecule has 1 atom stereocenters. The maximum absolute atomic E-state index is 12.9. The van der Waals surface area contributed by atoms with E-state index in [1.165, 1.54) is 25.7 Å². The quantitative estimate of drug-likeness (QED) is 0.741. The van der Waals surface area contributed by atoms with Crippen LogP contribution in [-0.2, 0) is 9.59 Å². The summed E-state index contributed by atoms with van der Waals surface area (Å²) in [5, 5.41) is 6.03. The minimum atomic E-state index is -0.126. The van der Waals surface area contributed by atoms with E-state index in [1.807, 2.05) is 0 Å². The summed E-state index contributed by atoms with van der Waals surface area (Å²) in [5.74, 6) is -0.126. The Balaban J connectivity index is 1.55. The second kappa shape index (κ2) is 10.4. The fourth-order valence-corrected chi connectivity index (χ4v) is 4.25. The van der Waals surface area contributed by atoms with E-state index in [0.29, 0.717) is 36.8 Å². The smallest absolute Gasteiger partial charge is 0.253 e. The Morgan fingerprint density at radius 2 is 1.66 bits per heavy atom. The zero-order valence-electron chi connectivity index (χ0n) is 17.4. The molecule has 2 fully saturated rings. The molecule has 0 bridgehead atoms. The van der Waals surface area contributed by atoms with Crippen molar-refractivity contribution in [2.75, 3.05) is 18.4 Å². The number of rotatable bonds is 5. The first-order chi connectivity index (χ1) is 14.1. The van der Waals surface area contributed by atoms with Gasteiger partial charge in [0.1, 0.15) is 0 Å². The first kappa shape index (κ1) is 21.3. The van der Waals surface area contributed by atoms with Crippen LogP contribution in [0.2, 0.25) is 0 Å². The fraction of sp³-hybridized carbons (Fsp3) is 0.609. The van der Waals surface area contributed by atoms with E-state index in [2.05, 4.69) is 10.6 Å². The highest BCUT2D eigenvalue weighted by Crippen LogP contribution is 2.22. The van der Waals surface area contributed by atoms with Crippen LogP contribution in [0.1, 0.15) is 75.1 Å². The average molecular weight is 400 g/mol. The van der Waals surface area contributed by atoms with Gasteiger partial charge in [-0.1, -0.05) is 32.6 Å². The minimum Gasteiger partial charge on any atom is -0.353 e. The van der Waals surface area contributed by atoms with Crippen LogP contribution in [0.4, 0.5) is 5.69 Å². The third kappa shape index (κ3) is 6.05. The maximum atomic E-state index is 12.9. The van der Waals surface area contributed by atoms with Crippen LogP contribution in [0.25, 0.3) is 0 Å². The van der Waals surface area contributed by atoms with Crippen LogP contribution in [0, 0.1) is 5.92 Å². The average Bonchev–Trinajstić information content (AvgIpc) is 3.02. The summed E-state index contributed by atoms with van der Waals surface area (Å²) in [6.07, 6.45) is 9.15. The highest BCUT2D eigenvalue weighted by Gasteiger charge is 2.30. The molecule has 0 aromatic heterocycles. The number of carbonyl (C=O) groups is 3. The number of likely N-dealkylation sites (tertiary alicyclic amines) is 1. The molecular formula is C23H33N3O3. The molecule has 0 radical (unpaired) electrons. The Morgan fingerprint density at radius 3 is 2.31 bits per heavy atom. The largest absolute Gasteiger partial charge is 0.353 e. The van der Waals surface area contributed by atoms with Gasteiger partial charge in [0.15, 0.2) is 0 Å². The summed E-state index contributed by atoms with van der Waals surface area (Å²) in [7, 11) is 0. The first-order valence-corrected chi connectivity index (χ1v) is 11.1. The number of hydrogen-bond donors (Lipinski definition) is 2. The summed E-state index contributed by atoms with van der Waals surface area (Å²) in [5.41, 5.74) is 1.28. The number of amides is 3. The molecule has 3 amide bonds. The van der Waals surface area contributed by atoms with E-state index >= 15 is 0 Å². The maximum Gasteiger partial charge on any atom is 0.253 e.